The van der Waals surface area contributed by atoms with Gasteiger partial charge in [0.1, 0.15) is 17.3 Å². The summed E-state index contributed by atoms with van der Waals surface area (Å²) in [4.78, 5) is 30.4. The topological polar surface area (TPSA) is 147 Å². The van der Waals surface area contributed by atoms with Gasteiger partial charge in [0.25, 0.3) is 15.9 Å². The Morgan fingerprint density at radius 3 is 2.42 bits per heavy atom. The van der Waals surface area contributed by atoms with E-state index in [4.69, 9.17) is 14.2 Å². The number of aliphatic hydroxyl groups is 1. The van der Waals surface area contributed by atoms with Crippen molar-refractivity contribution in [1.29, 1.82) is 0 Å². The van der Waals surface area contributed by atoms with Gasteiger partial charge in [-0.15, -0.1) is 0 Å². The van der Waals surface area contributed by atoms with Crippen molar-refractivity contribution >= 4 is 33.3 Å². The first kappa shape index (κ1) is 38.4. The van der Waals surface area contributed by atoms with Crippen molar-refractivity contribution in [2.24, 2.45) is 5.92 Å². The Balaban J connectivity index is 1.61. The van der Waals surface area contributed by atoms with Gasteiger partial charge in [-0.05, 0) is 99.8 Å². The molecule has 272 valence electrons. The van der Waals surface area contributed by atoms with E-state index < -0.39 is 33.9 Å². The number of amides is 3. The van der Waals surface area contributed by atoms with Crippen LogP contribution < -0.4 is 19.5 Å². The first-order valence-electron chi connectivity index (χ1n) is 16.6. The third kappa shape index (κ3) is 10.3. The van der Waals surface area contributed by atoms with Crippen molar-refractivity contribution in [3.63, 3.8) is 0 Å². The Kier molecular flexibility index (Phi) is 13.4. The van der Waals surface area contributed by atoms with Gasteiger partial charge in [-0.3, -0.25) is 9.52 Å². The Labute approximate surface area is 293 Å². The number of rotatable bonds is 9. The number of anilines is 2. The van der Waals surface area contributed by atoms with Crippen molar-refractivity contribution in [2.45, 2.75) is 63.2 Å². The Morgan fingerprint density at radius 1 is 1.08 bits per heavy atom. The van der Waals surface area contributed by atoms with Gasteiger partial charge in [0, 0.05) is 44.0 Å². The number of hydrogen-bond donors (Lipinski definition) is 3. The molecule has 0 spiro atoms. The molecule has 0 aliphatic carbocycles. The van der Waals surface area contributed by atoms with Crippen molar-refractivity contribution < 1.29 is 41.7 Å². The second-order valence-corrected chi connectivity index (χ2v) is 14.3. The predicted molar refractivity (Wildman–Crippen MR) is 189 cm³/mol. The normalized spacial score (nSPS) is 19.7. The van der Waals surface area contributed by atoms with Crippen molar-refractivity contribution in [1.82, 2.24) is 9.80 Å². The van der Waals surface area contributed by atoms with E-state index in [1.54, 1.807) is 51.4 Å². The van der Waals surface area contributed by atoms with Gasteiger partial charge >= 0.3 is 6.03 Å². The molecular weight excluding hydrogens is 667 g/mol. The van der Waals surface area contributed by atoms with E-state index in [1.807, 2.05) is 13.8 Å². The zero-order valence-electron chi connectivity index (χ0n) is 29.1. The highest BCUT2D eigenvalue weighted by atomic mass is 32.2. The molecule has 3 aromatic rings. The number of aliphatic hydroxyl groups excluding tert-OH is 1. The van der Waals surface area contributed by atoms with Crippen LogP contribution in [0, 0.1) is 11.7 Å². The van der Waals surface area contributed by atoms with Crippen molar-refractivity contribution in [3.05, 3.63) is 78.1 Å². The summed E-state index contributed by atoms with van der Waals surface area (Å²) in [5.41, 5.74) is 0.814. The minimum Gasteiger partial charge on any atom is -0.497 e. The Morgan fingerprint density at radius 2 is 1.76 bits per heavy atom. The third-order valence-corrected chi connectivity index (χ3v) is 9.97. The molecule has 1 heterocycles. The number of sulfonamides is 1. The molecule has 0 fully saturated rings. The molecule has 0 radical (unpaired) electrons. The molecule has 0 saturated carbocycles. The summed E-state index contributed by atoms with van der Waals surface area (Å²) in [7, 11) is -0.872. The molecule has 50 heavy (non-hydrogen) atoms. The minimum absolute atomic E-state index is 0.106. The van der Waals surface area contributed by atoms with Crippen LogP contribution in [-0.4, -0.2) is 94.0 Å². The molecule has 0 bridgehead atoms. The van der Waals surface area contributed by atoms with Gasteiger partial charge in [-0.2, -0.15) is 0 Å². The van der Waals surface area contributed by atoms with Gasteiger partial charge in [0.15, 0.2) is 0 Å². The lowest BCUT2D eigenvalue weighted by molar-refractivity contribution is -0.0115. The summed E-state index contributed by atoms with van der Waals surface area (Å²) < 4.78 is 59.9. The number of benzene rings is 3. The van der Waals surface area contributed by atoms with E-state index in [-0.39, 0.29) is 59.6 Å². The SMILES string of the molecule is COc1ccc(NC(=O)N(C)C[C@@H]2OCCCC[C@@H](C)Oc3ccc(NS(=O)(=O)c4ccc(F)cc4)cc3C(=O)N([C@H](C)CO)C[C@H]2C)cc1. The van der Waals surface area contributed by atoms with Crippen molar-refractivity contribution in [3.8, 4) is 11.5 Å². The van der Waals surface area contributed by atoms with Crippen LogP contribution in [-0.2, 0) is 14.8 Å². The van der Waals surface area contributed by atoms with Crippen LogP contribution in [0.4, 0.5) is 20.6 Å². The Bertz CT molecular complexity index is 1690. The smallest absolute Gasteiger partial charge is 0.321 e. The van der Waals surface area contributed by atoms with Crippen LogP contribution in [0.2, 0.25) is 0 Å². The lowest BCUT2D eigenvalue weighted by Crippen LogP contribution is -2.48. The molecule has 1 aliphatic rings. The number of likely N-dealkylation sites (N-methyl/N-ethyl adjacent to an activating group) is 1. The lowest BCUT2D eigenvalue weighted by Gasteiger charge is -2.35. The second kappa shape index (κ2) is 17.5. The number of ether oxygens (including phenoxy) is 3. The molecule has 12 nitrogen and oxygen atoms in total. The fraction of sp³-hybridized carbons (Fsp3) is 0.444. The molecular formula is C36H47FN4O8S. The average molecular weight is 715 g/mol. The molecule has 3 amide bonds. The number of carbonyl (C=O) groups is 2. The quantitative estimate of drug-likeness (QED) is 0.260. The van der Waals surface area contributed by atoms with Crippen LogP contribution >= 0.6 is 0 Å². The first-order valence-corrected chi connectivity index (χ1v) is 18.1. The Hall–Kier alpha value is -4.40. The molecule has 4 atom stereocenters. The molecule has 14 heteroatoms. The number of halogens is 1. The number of urea groups is 1. The number of fused-ring (bicyclic) bond motifs is 1. The van der Waals surface area contributed by atoms with E-state index in [1.165, 1.54) is 21.9 Å². The van der Waals surface area contributed by atoms with Gasteiger partial charge < -0.3 is 34.4 Å². The molecule has 1 aliphatic heterocycles. The van der Waals surface area contributed by atoms with Gasteiger partial charge in [0.2, 0.25) is 0 Å². The van der Waals surface area contributed by atoms with Crippen LogP contribution in [0.15, 0.2) is 71.6 Å². The van der Waals surface area contributed by atoms with Crippen molar-refractivity contribution in [2.75, 3.05) is 50.5 Å². The predicted octanol–water partition coefficient (Wildman–Crippen LogP) is 5.59. The van der Waals surface area contributed by atoms with E-state index in [0.717, 1.165) is 37.1 Å². The lowest BCUT2D eigenvalue weighted by atomic mass is 10.0. The zero-order valence-corrected chi connectivity index (χ0v) is 29.9. The van der Waals surface area contributed by atoms with Gasteiger partial charge in [-0.25, -0.2) is 17.6 Å². The fourth-order valence-electron chi connectivity index (χ4n) is 5.52. The largest absolute Gasteiger partial charge is 0.497 e. The van der Waals surface area contributed by atoms with E-state index in [0.29, 0.717) is 24.5 Å². The number of carbonyl (C=O) groups excluding carboxylic acids is 2. The molecule has 3 N–H and O–H groups in total. The highest BCUT2D eigenvalue weighted by Crippen LogP contribution is 2.30. The summed E-state index contributed by atoms with van der Waals surface area (Å²) >= 11 is 0. The zero-order chi connectivity index (χ0) is 36.4. The van der Waals surface area contributed by atoms with Crippen LogP contribution in [0.3, 0.4) is 0 Å². The summed E-state index contributed by atoms with van der Waals surface area (Å²) in [6, 6.07) is 14.9. The molecule has 0 saturated heterocycles. The maximum absolute atomic E-state index is 14.4. The third-order valence-electron chi connectivity index (χ3n) is 8.57. The monoisotopic (exact) mass is 714 g/mol. The van der Waals surface area contributed by atoms with Gasteiger partial charge in [-0.1, -0.05) is 6.92 Å². The van der Waals surface area contributed by atoms with E-state index in [9.17, 15) is 27.5 Å². The van der Waals surface area contributed by atoms with E-state index >= 15 is 0 Å². The summed E-state index contributed by atoms with van der Waals surface area (Å²) in [6.07, 6.45) is 1.44. The summed E-state index contributed by atoms with van der Waals surface area (Å²) in [6.45, 7) is 6.00. The van der Waals surface area contributed by atoms with Crippen LogP contribution in [0.1, 0.15) is 50.4 Å². The fourth-order valence-corrected chi connectivity index (χ4v) is 6.57. The number of methoxy groups -OCH3 is 1. The van der Waals surface area contributed by atoms with Gasteiger partial charge in [0.05, 0.1) is 42.4 Å². The maximum Gasteiger partial charge on any atom is 0.321 e. The molecule has 0 unspecified atom stereocenters. The van der Waals surface area contributed by atoms with Crippen LogP contribution in [0.25, 0.3) is 0 Å². The van der Waals surface area contributed by atoms with E-state index in [2.05, 4.69) is 10.0 Å². The molecule has 0 aromatic heterocycles. The summed E-state index contributed by atoms with van der Waals surface area (Å²) in [5, 5.41) is 13.1. The number of nitrogens with zero attached hydrogens (tertiary/aromatic N) is 2. The highest BCUT2D eigenvalue weighted by molar-refractivity contribution is 7.92. The number of nitrogens with one attached hydrogen (secondary N) is 2. The average Bonchev–Trinajstić information content (AvgIpc) is 3.09. The van der Waals surface area contributed by atoms with Crippen LogP contribution in [0.5, 0.6) is 11.5 Å². The molecule has 3 aromatic carbocycles. The highest BCUT2D eigenvalue weighted by Gasteiger charge is 2.31. The first-order chi connectivity index (χ1) is 23.8. The standard InChI is InChI=1S/C36H47FN4O8S/c1-24-21-41(25(2)23-42)35(43)32-20-29(39-50(45,46)31-16-9-27(37)10-17-31)13-18-33(32)49-26(3)8-6-7-19-48-34(24)22-40(4)36(44)38-28-11-14-30(47-5)15-12-28/h9-18,20,24-26,34,39,42H,6-8,19,21-23H2,1-5H3,(H,38,44)/t24-,25-,26-,34+/m1/s1. The number of hydrogen-bond acceptors (Lipinski definition) is 8. The summed E-state index contributed by atoms with van der Waals surface area (Å²) in [5.74, 6) is -0.411. The minimum atomic E-state index is -4.11. The second-order valence-electron chi connectivity index (χ2n) is 12.6. The molecule has 4 rings (SSSR count). The maximum atomic E-state index is 14.4.